The molecular formula is C26H26O2S2. The Bertz CT molecular complexity index is 993. The zero-order valence-electron chi connectivity index (χ0n) is 17.0. The lowest BCUT2D eigenvalue weighted by Crippen LogP contribution is -2.03. The Hall–Kier alpha value is -2.30. The van der Waals surface area contributed by atoms with Crippen molar-refractivity contribution in [2.45, 2.75) is 0 Å². The summed E-state index contributed by atoms with van der Waals surface area (Å²) >= 11 is 3.89. The number of ether oxygens (including phenoxy) is 2. The molecule has 30 heavy (non-hydrogen) atoms. The van der Waals surface area contributed by atoms with E-state index in [9.17, 15) is 0 Å². The van der Waals surface area contributed by atoms with E-state index >= 15 is 0 Å². The highest BCUT2D eigenvalue weighted by atomic mass is 32.2. The Morgan fingerprint density at radius 1 is 0.467 bits per heavy atom. The molecule has 0 fully saturated rings. The lowest BCUT2D eigenvalue weighted by molar-refractivity contribution is 0.344. The monoisotopic (exact) mass is 434 g/mol. The molecule has 0 aromatic heterocycles. The van der Waals surface area contributed by atoms with Gasteiger partial charge in [0.1, 0.15) is 11.5 Å². The number of hydrogen-bond acceptors (Lipinski definition) is 4. The van der Waals surface area contributed by atoms with Gasteiger partial charge in [-0.2, -0.15) is 23.5 Å². The highest BCUT2D eigenvalue weighted by Gasteiger charge is 1.99. The van der Waals surface area contributed by atoms with Gasteiger partial charge in [-0.15, -0.1) is 0 Å². The van der Waals surface area contributed by atoms with Crippen LogP contribution in [0.1, 0.15) is 0 Å². The minimum atomic E-state index is 0.749. The Balaban J connectivity index is 1.05. The van der Waals surface area contributed by atoms with Crippen LogP contribution in [0, 0.1) is 0 Å². The van der Waals surface area contributed by atoms with Gasteiger partial charge in [0, 0.05) is 23.0 Å². The average Bonchev–Trinajstić information content (AvgIpc) is 2.80. The van der Waals surface area contributed by atoms with E-state index in [0.29, 0.717) is 0 Å². The van der Waals surface area contributed by atoms with Crippen LogP contribution < -0.4 is 9.47 Å². The van der Waals surface area contributed by atoms with Crippen LogP contribution in [0.2, 0.25) is 0 Å². The van der Waals surface area contributed by atoms with E-state index in [1.165, 1.54) is 21.5 Å². The Morgan fingerprint density at radius 2 is 0.900 bits per heavy atom. The summed E-state index contributed by atoms with van der Waals surface area (Å²) in [6.07, 6.45) is 0. The molecule has 0 aliphatic rings. The van der Waals surface area contributed by atoms with E-state index in [2.05, 4.69) is 84.9 Å². The second-order valence-electron chi connectivity index (χ2n) is 6.94. The molecule has 0 atom stereocenters. The van der Waals surface area contributed by atoms with Crippen LogP contribution in [0.15, 0.2) is 84.9 Å². The molecule has 4 rings (SSSR count). The molecular weight excluding hydrogens is 408 g/mol. The topological polar surface area (TPSA) is 18.5 Å². The summed E-state index contributed by atoms with van der Waals surface area (Å²) in [6, 6.07) is 29.3. The summed E-state index contributed by atoms with van der Waals surface area (Å²) in [7, 11) is 0. The van der Waals surface area contributed by atoms with E-state index in [4.69, 9.17) is 9.47 Å². The fraction of sp³-hybridized carbons (Fsp3) is 0.231. The largest absolute Gasteiger partial charge is 0.493 e. The quantitative estimate of drug-likeness (QED) is 0.238. The van der Waals surface area contributed by atoms with Gasteiger partial charge in [-0.3, -0.25) is 0 Å². The fourth-order valence-electron chi connectivity index (χ4n) is 3.27. The van der Waals surface area contributed by atoms with Crippen molar-refractivity contribution in [1.29, 1.82) is 0 Å². The predicted molar refractivity (Wildman–Crippen MR) is 134 cm³/mol. The van der Waals surface area contributed by atoms with Gasteiger partial charge in [-0.25, -0.2) is 0 Å². The molecule has 0 aliphatic heterocycles. The average molecular weight is 435 g/mol. The molecule has 0 radical (unpaired) electrons. The van der Waals surface area contributed by atoms with Crippen LogP contribution in [0.5, 0.6) is 11.5 Å². The van der Waals surface area contributed by atoms with E-state index in [1.807, 2.05) is 23.5 Å². The second kappa shape index (κ2) is 11.2. The lowest BCUT2D eigenvalue weighted by atomic mass is 10.1. The van der Waals surface area contributed by atoms with Gasteiger partial charge in [0.2, 0.25) is 0 Å². The van der Waals surface area contributed by atoms with Crippen LogP contribution >= 0.6 is 23.5 Å². The fourth-order valence-corrected chi connectivity index (χ4v) is 5.03. The van der Waals surface area contributed by atoms with E-state index in [1.54, 1.807) is 0 Å². The normalized spacial score (nSPS) is 11.1. The highest BCUT2D eigenvalue weighted by Crippen LogP contribution is 2.22. The van der Waals surface area contributed by atoms with Gasteiger partial charge in [0.25, 0.3) is 0 Å². The first kappa shape index (κ1) is 21.0. The molecule has 154 valence electrons. The molecule has 0 heterocycles. The molecule has 0 saturated carbocycles. The maximum Gasteiger partial charge on any atom is 0.119 e. The third-order valence-corrected chi connectivity index (χ3v) is 6.96. The van der Waals surface area contributed by atoms with Crippen molar-refractivity contribution < 1.29 is 9.47 Å². The van der Waals surface area contributed by atoms with E-state index < -0.39 is 0 Å². The first-order valence-corrected chi connectivity index (χ1v) is 12.6. The second-order valence-corrected chi connectivity index (χ2v) is 9.39. The molecule has 4 aromatic rings. The molecule has 0 saturated heterocycles. The summed E-state index contributed by atoms with van der Waals surface area (Å²) in [5.41, 5.74) is 0. The summed E-state index contributed by atoms with van der Waals surface area (Å²) < 4.78 is 11.8. The zero-order valence-corrected chi connectivity index (χ0v) is 18.6. The number of rotatable bonds is 11. The van der Waals surface area contributed by atoms with Gasteiger partial charge in [0.05, 0.1) is 13.2 Å². The van der Waals surface area contributed by atoms with Gasteiger partial charge >= 0.3 is 0 Å². The van der Waals surface area contributed by atoms with Crippen LogP contribution in [-0.4, -0.2) is 36.2 Å². The first-order valence-electron chi connectivity index (χ1n) is 10.3. The van der Waals surface area contributed by atoms with Crippen molar-refractivity contribution in [3.05, 3.63) is 84.9 Å². The van der Waals surface area contributed by atoms with Crippen LogP contribution in [0.25, 0.3) is 21.5 Å². The molecule has 0 aliphatic carbocycles. The minimum absolute atomic E-state index is 0.749. The zero-order chi connectivity index (χ0) is 20.4. The van der Waals surface area contributed by atoms with Gasteiger partial charge in [0.15, 0.2) is 0 Å². The van der Waals surface area contributed by atoms with Gasteiger partial charge in [-0.05, 0) is 45.8 Å². The molecule has 0 unspecified atom stereocenters. The smallest absolute Gasteiger partial charge is 0.119 e. The third-order valence-electron chi connectivity index (χ3n) is 4.81. The molecule has 4 heteroatoms. The molecule has 0 spiro atoms. The molecule has 0 bridgehead atoms. The molecule has 0 N–H and O–H groups in total. The number of thioether (sulfide) groups is 2. The predicted octanol–water partition coefficient (Wildman–Crippen LogP) is 6.92. The number of fused-ring (bicyclic) bond motifs is 2. The summed E-state index contributed by atoms with van der Waals surface area (Å²) in [4.78, 5) is 0. The minimum Gasteiger partial charge on any atom is -0.493 e. The Kier molecular flexibility index (Phi) is 7.81. The maximum atomic E-state index is 5.89. The van der Waals surface area contributed by atoms with Gasteiger partial charge < -0.3 is 9.47 Å². The van der Waals surface area contributed by atoms with Crippen LogP contribution in [0.3, 0.4) is 0 Å². The number of benzene rings is 4. The van der Waals surface area contributed by atoms with Crippen LogP contribution in [0.4, 0.5) is 0 Å². The van der Waals surface area contributed by atoms with E-state index in [0.717, 1.165) is 47.7 Å². The lowest BCUT2D eigenvalue weighted by Gasteiger charge is -2.08. The van der Waals surface area contributed by atoms with Crippen molar-refractivity contribution >= 4 is 45.1 Å². The van der Waals surface area contributed by atoms with Crippen LogP contribution in [-0.2, 0) is 0 Å². The van der Waals surface area contributed by atoms with Crippen molar-refractivity contribution in [2.24, 2.45) is 0 Å². The van der Waals surface area contributed by atoms with Crippen molar-refractivity contribution in [3.63, 3.8) is 0 Å². The standard InChI is InChI=1S/C26H26O2S2/c1-3-7-23-19-25(11-9-21(23)5-1)27-13-15-29-17-18-30-16-14-28-26-12-10-22-6-2-4-8-24(22)20-26/h1-12,19-20H,13-18H2. The van der Waals surface area contributed by atoms with Gasteiger partial charge in [-0.1, -0.05) is 60.7 Å². The summed E-state index contributed by atoms with van der Waals surface area (Å²) in [5.74, 6) is 6.22. The molecule has 2 nitrogen and oxygen atoms in total. The van der Waals surface area contributed by atoms with Crippen molar-refractivity contribution in [2.75, 3.05) is 36.2 Å². The van der Waals surface area contributed by atoms with E-state index in [-0.39, 0.29) is 0 Å². The maximum absolute atomic E-state index is 5.89. The van der Waals surface area contributed by atoms with Crippen molar-refractivity contribution in [1.82, 2.24) is 0 Å². The highest BCUT2D eigenvalue weighted by molar-refractivity contribution is 8.02. The molecule has 0 amide bonds. The van der Waals surface area contributed by atoms with Crippen molar-refractivity contribution in [3.8, 4) is 11.5 Å². The third kappa shape index (κ3) is 6.10. The Morgan fingerprint density at radius 3 is 1.37 bits per heavy atom. The number of hydrogen-bond donors (Lipinski definition) is 0. The summed E-state index contributed by atoms with van der Waals surface area (Å²) in [6.45, 7) is 1.50. The SMILES string of the molecule is c1ccc2cc(OCCSCCSCCOc3ccc4ccccc4c3)ccc2c1. The Labute approximate surface area is 187 Å². The molecule has 4 aromatic carbocycles. The summed E-state index contributed by atoms with van der Waals surface area (Å²) in [5, 5.41) is 4.96. The first-order chi connectivity index (χ1) is 14.9.